The Morgan fingerprint density at radius 2 is 1.58 bits per heavy atom. The summed E-state index contributed by atoms with van der Waals surface area (Å²) >= 11 is 0. The van der Waals surface area contributed by atoms with Crippen molar-refractivity contribution in [2.45, 2.75) is 12.5 Å². The van der Waals surface area contributed by atoms with Gasteiger partial charge in [-0.25, -0.2) is 4.98 Å². The fourth-order valence-corrected chi connectivity index (χ4v) is 3.26. The third-order valence-corrected chi connectivity index (χ3v) is 4.89. The van der Waals surface area contributed by atoms with Crippen LogP contribution in [0.15, 0.2) is 91.3 Å². The first-order chi connectivity index (χ1) is 16.1. The molecule has 0 radical (unpaired) electrons. The van der Waals surface area contributed by atoms with Crippen LogP contribution in [0.2, 0.25) is 0 Å². The van der Waals surface area contributed by atoms with Crippen LogP contribution in [-0.2, 0) is 17.3 Å². The largest absolute Gasteiger partial charge is 0.496 e. The zero-order valence-electron chi connectivity index (χ0n) is 17.9. The number of hydrogen-bond acceptors (Lipinski definition) is 5. The molecule has 2 aromatic carbocycles. The highest BCUT2D eigenvalue weighted by atomic mass is 19.3. The lowest BCUT2D eigenvalue weighted by atomic mass is 10.1. The van der Waals surface area contributed by atoms with Crippen molar-refractivity contribution in [3.05, 3.63) is 103 Å². The van der Waals surface area contributed by atoms with Gasteiger partial charge in [-0.3, -0.25) is 4.98 Å². The molecule has 33 heavy (non-hydrogen) atoms. The van der Waals surface area contributed by atoms with E-state index in [1.165, 1.54) is 18.3 Å². The quantitative estimate of drug-likeness (QED) is 0.303. The lowest BCUT2D eigenvalue weighted by molar-refractivity contribution is -0.0902. The van der Waals surface area contributed by atoms with Crippen LogP contribution in [0.25, 0.3) is 11.1 Å². The van der Waals surface area contributed by atoms with Crippen LogP contribution in [0.1, 0.15) is 11.3 Å². The molecule has 5 nitrogen and oxygen atoms in total. The minimum Gasteiger partial charge on any atom is -0.496 e. The molecule has 0 amide bonds. The van der Waals surface area contributed by atoms with E-state index in [0.717, 1.165) is 11.1 Å². The molecule has 2 aromatic heterocycles. The first-order valence-corrected chi connectivity index (χ1v) is 10.3. The van der Waals surface area contributed by atoms with E-state index in [9.17, 15) is 8.78 Å². The number of alkyl halides is 2. The van der Waals surface area contributed by atoms with Gasteiger partial charge in [0.1, 0.15) is 23.8 Å². The summed E-state index contributed by atoms with van der Waals surface area (Å²) in [5, 5.41) is 0. The van der Waals surface area contributed by atoms with Gasteiger partial charge < -0.3 is 14.2 Å². The van der Waals surface area contributed by atoms with Crippen LogP contribution < -0.4 is 9.47 Å². The van der Waals surface area contributed by atoms with Crippen LogP contribution in [0.5, 0.6) is 17.4 Å². The molecule has 0 N–H and O–H groups in total. The Labute approximate surface area is 190 Å². The number of halogens is 2. The molecule has 0 bridgehead atoms. The fourth-order valence-electron chi connectivity index (χ4n) is 3.26. The molecule has 0 saturated carbocycles. The molecule has 168 valence electrons. The average molecular weight is 448 g/mol. The first-order valence-electron chi connectivity index (χ1n) is 10.3. The van der Waals surface area contributed by atoms with Crippen molar-refractivity contribution in [3.63, 3.8) is 0 Å². The third kappa shape index (κ3) is 5.51. The zero-order valence-corrected chi connectivity index (χ0v) is 17.9. The van der Waals surface area contributed by atoms with E-state index in [0.29, 0.717) is 17.2 Å². The van der Waals surface area contributed by atoms with Gasteiger partial charge in [0.15, 0.2) is 0 Å². The number of hydrogen-bond donors (Lipinski definition) is 0. The highest BCUT2D eigenvalue weighted by Crippen LogP contribution is 2.37. The predicted molar refractivity (Wildman–Crippen MR) is 121 cm³/mol. The normalized spacial score (nSPS) is 11.2. The maximum atomic E-state index is 14.5. The lowest BCUT2D eigenvalue weighted by Crippen LogP contribution is -2.22. The molecule has 0 aliphatic carbocycles. The van der Waals surface area contributed by atoms with E-state index < -0.39 is 18.2 Å². The average Bonchev–Trinajstić information content (AvgIpc) is 2.85. The molecule has 7 heteroatoms. The van der Waals surface area contributed by atoms with E-state index in [4.69, 9.17) is 14.2 Å². The Hall–Kier alpha value is -3.84. The maximum Gasteiger partial charge on any atom is 0.312 e. The van der Waals surface area contributed by atoms with E-state index in [1.54, 1.807) is 19.4 Å². The molecular formula is C26H22F2N2O3. The minimum atomic E-state index is -3.24. The van der Waals surface area contributed by atoms with E-state index in [1.807, 2.05) is 60.7 Å². The Bertz CT molecular complexity index is 1190. The zero-order chi connectivity index (χ0) is 23.1. The van der Waals surface area contributed by atoms with Crippen LogP contribution in [0.4, 0.5) is 8.78 Å². The summed E-state index contributed by atoms with van der Waals surface area (Å²) < 4.78 is 45.6. The Kier molecular flexibility index (Phi) is 6.90. The van der Waals surface area contributed by atoms with E-state index in [2.05, 4.69) is 9.97 Å². The van der Waals surface area contributed by atoms with Gasteiger partial charge in [-0.15, -0.1) is 0 Å². The Balaban J connectivity index is 1.46. The third-order valence-electron chi connectivity index (χ3n) is 4.89. The second-order valence-corrected chi connectivity index (χ2v) is 7.22. The summed E-state index contributed by atoms with van der Waals surface area (Å²) in [7, 11) is 1.59. The lowest BCUT2D eigenvalue weighted by Gasteiger charge is -2.17. The van der Waals surface area contributed by atoms with Gasteiger partial charge in [0, 0.05) is 17.3 Å². The molecule has 0 atom stereocenters. The van der Waals surface area contributed by atoms with Crippen molar-refractivity contribution < 1.29 is 23.0 Å². The van der Waals surface area contributed by atoms with Gasteiger partial charge in [-0.2, -0.15) is 8.78 Å². The first kappa shape index (κ1) is 22.4. The second kappa shape index (κ2) is 10.2. The molecular weight excluding hydrogens is 426 g/mol. The van der Waals surface area contributed by atoms with Crippen LogP contribution in [0, 0.1) is 0 Å². The highest BCUT2D eigenvalue weighted by Gasteiger charge is 2.33. The van der Waals surface area contributed by atoms with Gasteiger partial charge in [0.25, 0.3) is 0 Å². The standard InChI is InChI=1S/C26H22F2N2O3/c1-31-23-12-6-5-10-21(23)22-11-7-15-29-25(22)33-20-13-14-24(30-16-20)26(27,28)18-32-17-19-8-3-2-4-9-19/h2-16H,17-18H2,1H3. The van der Waals surface area contributed by atoms with Gasteiger partial charge in [-0.05, 0) is 35.9 Å². The molecule has 0 aliphatic heterocycles. The number of ether oxygens (including phenoxy) is 3. The number of methoxy groups -OCH3 is 1. The number of aromatic nitrogens is 2. The summed E-state index contributed by atoms with van der Waals surface area (Å²) in [6.45, 7) is -0.670. The summed E-state index contributed by atoms with van der Waals surface area (Å²) in [5.74, 6) is -1.97. The van der Waals surface area contributed by atoms with Gasteiger partial charge in [0.2, 0.25) is 5.88 Å². The van der Waals surface area contributed by atoms with Crippen LogP contribution >= 0.6 is 0 Å². The Morgan fingerprint density at radius 1 is 0.818 bits per heavy atom. The molecule has 4 aromatic rings. The number of benzene rings is 2. The molecule has 0 aliphatic rings. The number of rotatable bonds is 9. The van der Waals surface area contributed by atoms with Gasteiger partial charge in [-0.1, -0.05) is 48.5 Å². The van der Waals surface area contributed by atoms with Gasteiger partial charge >= 0.3 is 5.92 Å². The maximum absolute atomic E-state index is 14.5. The van der Waals surface area contributed by atoms with Crippen molar-refractivity contribution in [3.8, 4) is 28.5 Å². The predicted octanol–water partition coefficient (Wildman–Crippen LogP) is 6.25. The monoisotopic (exact) mass is 448 g/mol. The second-order valence-electron chi connectivity index (χ2n) is 7.22. The number of pyridine rings is 2. The smallest absolute Gasteiger partial charge is 0.312 e. The summed E-state index contributed by atoms with van der Waals surface area (Å²) in [6.07, 6.45) is 2.84. The molecule has 0 spiro atoms. The van der Waals surface area contributed by atoms with Crippen molar-refractivity contribution in [1.82, 2.24) is 9.97 Å². The van der Waals surface area contributed by atoms with Gasteiger partial charge in [0.05, 0.1) is 19.9 Å². The van der Waals surface area contributed by atoms with Crippen molar-refractivity contribution >= 4 is 0 Å². The van der Waals surface area contributed by atoms with E-state index in [-0.39, 0.29) is 12.4 Å². The topological polar surface area (TPSA) is 53.5 Å². The SMILES string of the molecule is COc1ccccc1-c1cccnc1Oc1ccc(C(F)(F)COCc2ccccc2)nc1. The van der Waals surface area contributed by atoms with E-state index >= 15 is 0 Å². The molecule has 4 rings (SSSR count). The van der Waals surface area contributed by atoms with Crippen LogP contribution in [-0.4, -0.2) is 23.7 Å². The summed E-state index contributed by atoms with van der Waals surface area (Å²) in [4.78, 5) is 8.19. The number of para-hydroxylation sites is 1. The molecule has 0 unspecified atom stereocenters. The molecule has 0 saturated heterocycles. The molecule has 0 fully saturated rings. The Morgan fingerprint density at radius 3 is 2.33 bits per heavy atom. The van der Waals surface area contributed by atoms with Crippen LogP contribution in [0.3, 0.4) is 0 Å². The minimum absolute atomic E-state index is 0.100. The fraction of sp³-hybridized carbons (Fsp3) is 0.154. The van der Waals surface area contributed by atoms with Crippen molar-refractivity contribution in [2.75, 3.05) is 13.7 Å². The summed E-state index contributed by atoms with van der Waals surface area (Å²) in [5.41, 5.74) is 1.94. The molecule has 2 heterocycles. The highest BCUT2D eigenvalue weighted by molar-refractivity contribution is 5.74. The van der Waals surface area contributed by atoms with Crippen molar-refractivity contribution in [2.24, 2.45) is 0 Å². The summed E-state index contributed by atoms with van der Waals surface area (Å²) in [6, 6.07) is 22.9. The number of nitrogens with zero attached hydrogens (tertiary/aromatic N) is 2. The van der Waals surface area contributed by atoms with Crippen molar-refractivity contribution in [1.29, 1.82) is 0 Å².